The fourth-order valence-electron chi connectivity index (χ4n) is 4.11. The molecule has 0 atom stereocenters. The van der Waals surface area contributed by atoms with Crippen LogP contribution in [-0.4, -0.2) is 23.3 Å². The summed E-state index contributed by atoms with van der Waals surface area (Å²) in [6.07, 6.45) is 8.61. The summed E-state index contributed by atoms with van der Waals surface area (Å²) in [6, 6.07) is 19.5. The Morgan fingerprint density at radius 1 is 0.839 bits per heavy atom. The summed E-state index contributed by atoms with van der Waals surface area (Å²) in [5.41, 5.74) is 7.17. The van der Waals surface area contributed by atoms with Gasteiger partial charge in [-0.3, -0.25) is 4.99 Å². The molecule has 0 aliphatic heterocycles. The van der Waals surface area contributed by atoms with Crippen molar-refractivity contribution < 1.29 is 9.47 Å². The van der Waals surface area contributed by atoms with Gasteiger partial charge in [-0.1, -0.05) is 0 Å². The van der Waals surface area contributed by atoms with Crippen LogP contribution in [0.3, 0.4) is 0 Å². The predicted octanol–water partition coefficient (Wildman–Crippen LogP) is 6.44. The SMILES string of the molecule is COc1ccc(Oc2ccc(N=Cc3[nH]c(-c4ccc[nH]4)c4c3CCCC4)cc2)cc1. The minimum absolute atomic E-state index is 0.770. The molecule has 1 aliphatic carbocycles. The van der Waals surface area contributed by atoms with Crippen molar-refractivity contribution in [1.82, 2.24) is 9.97 Å². The highest BCUT2D eigenvalue weighted by molar-refractivity contribution is 5.85. The minimum Gasteiger partial charge on any atom is -0.497 e. The van der Waals surface area contributed by atoms with E-state index in [1.165, 1.54) is 29.7 Å². The van der Waals surface area contributed by atoms with Crippen LogP contribution in [0.2, 0.25) is 0 Å². The van der Waals surface area contributed by atoms with Crippen molar-refractivity contribution in [2.24, 2.45) is 4.99 Å². The van der Waals surface area contributed by atoms with Crippen molar-refractivity contribution in [3.05, 3.63) is 83.7 Å². The molecular weight excluding hydrogens is 386 g/mol. The van der Waals surface area contributed by atoms with Crippen molar-refractivity contribution in [3.63, 3.8) is 0 Å². The monoisotopic (exact) mass is 411 g/mol. The molecule has 2 N–H and O–H groups in total. The molecule has 2 heterocycles. The normalized spacial score (nSPS) is 13.3. The number of aromatic amines is 2. The lowest BCUT2D eigenvalue weighted by Crippen LogP contribution is -2.02. The first kappa shape index (κ1) is 19.2. The first-order valence-corrected chi connectivity index (χ1v) is 10.6. The third-order valence-corrected chi connectivity index (χ3v) is 5.70. The number of nitrogens with zero attached hydrogens (tertiary/aromatic N) is 1. The first-order chi connectivity index (χ1) is 15.3. The van der Waals surface area contributed by atoms with E-state index < -0.39 is 0 Å². The Balaban J connectivity index is 1.33. The van der Waals surface area contributed by atoms with Gasteiger partial charge in [0.2, 0.25) is 0 Å². The maximum absolute atomic E-state index is 5.90. The van der Waals surface area contributed by atoms with E-state index in [9.17, 15) is 0 Å². The molecule has 5 nitrogen and oxygen atoms in total. The quantitative estimate of drug-likeness (QED) is 0.359. The third kappa shape index (κ3) is 4.12. The maximum Gasteiger partial charge on any atom is 0.127 e. The summed E-state index contributed by atoms with van der Waals surface area (Å²) in [5, 5.41) is 0. The molecule has 2 aromatic heterocycles. The zero-order valence-corrected chi connectivity index (χ0v) is 17.5. The van der Waals surface area contributed by atoms with Gasteiger partial charge >= 0.3 is 0 Å². The molecule has 5 rings (SSSR count). The number of nitrogens with one attached hydrogen (secondary N) is 2. The lowest BCUT2D eigenvalue weighted by molar-refractivity contribution is 0.413. The molecule has 0 bridgehead atoms. The summed E-state index contributed by atoms with van der Waals surface area (Å²) < 4.78 is 11.1. The van der Waals surface area contributed by atoms with E-state index in [1.807, 2.05) is 67.0 Å². The van der Waals surface area contributed by atoms with Crippen LogP contribution in [0.25, 0.3) is 11.4 Å². The van der Waals surface area contributed by atoms with E-state index >= 15 is 0 Å². The Hall–Kier alpha value is -3.73. The van der Waals surface area contributed by atoms with Gasteiger partial charge in [-0.05, 0) is 97.5 Å². The number of H-pyrrole nitrogens is 2. The number of hydrogen-bond acceptors (Lipinski definition) is 3. The minimum atomic E-state index is 0.770. The average Bonchev–Trinajstić information content (AvgIpc) is 3.47. The van der Waals surface area contributed by atoms with Gasteiger partial charge in [0.15, 0.2) is 0 Å². The molecule has 1 aliphatic rings. The molecule has 0 spiro atoms. The summed E-state index contributed by atoms with van der Waals surface area (Å²) in [4.78, 5) is 11.6. The predicted molar refractivity (Wildman–Crippen MR) is 124 cm³/mol. The standard InChI is InChI=1S/C26H25N3O2/c1-30-19-12-14-21(15-13-19)31-20-10-8-18(9-11-20)28-17-25-22-5-2-3-6-23(22)26(29-25)24-7-4-16-27-24/h4,7-17,27,29H,2-3,5-6H2,1H3. The number of fused-ring (bicyclic) bond motifs is 1. The van der Waals surface area contributed by atoms with Crippen molar-refractivity contribution in [3.8, 4) is 28.6 Å². The van der Waals surface area contributed by atoms with Gasteiger partial charge in [0.25, 0.3) is 0 Å². The highest BCUT2D eigenvalue weighted by atomic mass is 16.5. The third-order valence-electron chi connectivity index (χ3n) is 5.70. The second-order valence-corrected chi connectivity index (χ2v) is 7.69. The van der Waals surface area contributed by atoms with Crippen LogP contribution in [0, 0.1) is 0 Å². The Kier molecular flexibility index (Phi) is 5.31. The maximum atomic E-state index is 5.90. The summed E-state index contributed by atoms with van der Waals surface area (Å²) >= 11 is 0. The lowest BCUT2D eigenvalue weighted by atomic mass is 9.91. The molecule has 0 amide bonds. The van der Waals surface area contributed by atoms with Crippen molar-refractivity contribution >= 4 is 11.9 Å². The second-order valence-electron chi connectivity index (χ2n) is 7.69. The molecule has 156 valence electrons. The fraction of sp³-hybridized carbons (Fsp3) is 0.192. The Morgan fingerprint density at radius 3 is 2.19 bits per heavy atom. The van der Waals surface area contributed by atoms with Crippen molar-refractivity contribution in [1.29, 1.82) is 0 Å². The Labute approximate surface area is 181 Å². The van der Waals surface area contributed by atoms with Crippen LogP contribution in [-0.2, 0) is 12.8 Å². The molecule has 0 fully saturated rings. The molecule has 0 unspecified atom stereocenters. The average molecular weight is 412 g/mol. The highest BCUT2D eigenvalue weighted by Crippen LogP contribution is 2.33. The number of aliphatic imine (C=N–C) groups is 1. The van der Waals surface area contributed by atoms with Gasteiger partial charge < -0.3 is 19.4 Å². The van der Waals surface area contributed by atoms with E-state index in [-0.39, 0.29) is 0 Å². The zero-order chi connectivity index (χ0) is 21.0. The zero-order valence-electron chi connectivity index (χ0n) is 17.5. The van der Waals surface area contributed by atoms with Gasteiger partial charge in [0.05, 0.1) is 36.1 Å². The summed E-state index contributed by atoms with van der Waals surface area (Å²) in [7, 11) is 1.65. The van der Waals surface area contributed by atoms with E-state index in [0.29, 0.717) is 0 Å². The molecule has 0 saturated carbocycles. The molecule has 31 heavy (non-hydrogen) atoms. The Morgan fingerprint density at radius 2 is 1.52 bits per heavy atom. The van der Waals surface area contributed by atoms with E-state index in [2.05, 4.69) is 16.0 Å². The lowest BCUT2D eigenvalue weighted by Gasteiger charge is -2.12. The van der Waals surface area contributed by atoms with Gasteiger partial charge in [-0.15, -0.1) is 0 Å². The highest BCUT2D eigenvalue weighted by Gasteiger charge is 2.20. The van der Waals surface area contributed by atoms with Crippen LogP contribution < -0.4 is 9.47 Å². The van der Waals surface area contributed by atoms with Gasteiger partial charge in [0, 0.05) is 6.20 Å². The van der Waals surface area contributed by atoms with Gasteiger partial charge in [-0.25, -0.2) is 0 Å². The van der Waals surface area contributed by atoms with Crippen LogP contribution in [0.5, 0.6) is 17.2 Å². The molecule has 2 aromatic carbocycles. The van der Waals surface area contributed by atoms with Crippen LogP contribution >= 0.6 is 0 Å². The van der Waals surface area contributed by atoms with Crippen LogP contribution in [0.15, 0.2) is 71.9 Å². The molecule has 4 aromatic rings. The van der Waals surface area contributed by atoms with Gasteiger partial charge in [0.1, 0.15) is 17.2 Å². The van der Waals surface area contributed by atoms with Crippen molar-refractivity contribution in [2.45, 2.75) is 25.7 Å². The van der Waals surface area contributed by atoms with E-state index in [1.54, 1.807) is 7.11 Å². The van der Waals surface area contributed by atoms with Crippen LogP contribution in [0.1, 0.15) is 29.7 Å². The number of methoxy groups -OCH3 is 1. The topological polar surface area (TPSA) is 62.4 Å². The molecule has 0 radical (unpaired) electrons. The van der Waals surface area contributed by atoms with Crippen LogP contribution in [0.4, 0.5) is 5.69 Å². The molecular formula is C26H25N3O2. The molecule has 0 saturated heterocycles. The largest absolute Gasteiger partial charge is 0.497 e. The number of rotatable bonds is 6. The first-order valence-electron chi connectivity index (χ1n) is 10.6. The van der Waals surface area contributed by atoms with Crippen molar-refractivity contribution in [2.75, 3.05) is 7.11 Å². The number of hydrogen-bond donors (Lipinski definition) is 2. The van der Waals surface area contributed by atoms with E-state index in [0.717, 1.165) is 47.2 Å². The second kappa shape index (κ2) is 8.56. The summed E-state index contributed by atoms with van der Waals surface area (Å²) in [5.74, 6) is 2.35. The molecule has 5 heteroatoms. The smallest absolute Gasteiger partial charge is 0.127 e. The summed E-state index contributed by atoms with van der Waals surface area (Å²) in [6.45, 7) is 0. The number of aromatic nitrogens is 2. The number of ether oxygens (including phenoxy) is 2. The Bertz CT molecular complexity index is 1170. The van der Waals surface area contributed by atoms with E-state index in [4.69, 9.17) is 14.5 Å². The van der Waals surface area contributed by atoms with Gasteiger partial charge in [-0.2, -0.15) is 0 Å². The number of benzene rings is 2. The fourth-order valence-corrected chi connectivity index (χ4v) is 4.11.